The summed E-state index contributed by atoms with van der Waals surface area (Å²) in [6.07, 6.45) is 0.994. The van der Waals surface area contributed by atoms with Crippen LogP contribution in [0.3, 0.4) is 0 Å². The molecule has 0 radical (unpaired) electrons. The van der Waals surface area contributed by atoms with Gasteiger partial charge in [0.15, 0.2) is 6.23 Å². The molecule has 1 aliphatic heterocycles. The van der Waals surface area contributed by atoms with Crippen molar-refractivity contribution >= 4 is 11.9 Å². The first-order valence-corrected chi connectivity index (χ1v) is 9.71. The first kappa shape index (κ1) is 30.8. The molecule has 31 heavy (non-hydrogen) atoms. The van der Waals surface area contributed by atoms with Crippen molar-refractivity contribution in [2.75, 3.05) is 14.2 Å². The van der Waals surface area contributed by atoms with Gasteiger partial charge < -0.3 is 9.47 Å². The van der Waals surface area contributed by atoms with E-state index in [1.807, 2.05) is 76.9 Å². The lowest BCUT2D eigenvalue weighted by Crippen LogP contribution is -2.44. The lowest BCUT2D eigenvalue weighted by molar-refractivity contribution is -0.150. The van der Waals surface area contributed by atoms with Crippen LogP contribution in [-0.2, 0) is 19.1 Å². The number of ether oxygens (including phenoxy) is 2. The summed E-state index contributed by atoms with van der Waals surface area (Å²) in [6, 6.07) is 9.80. The van der Waals surface area contributed by atoms with E-state index in [0.29, 0.717) is 12.8 Å². The van der Waals surface area contributed by atoms with Gasteiger partial charge in [-0.25, -0.2) is 4.79 Å². The molecule has 5 nitrogen and oxygen atoms in total. The molecule has 0 bridgehead atoms. The predicted octanol–water partition coefficient (Wildman–Crippen LogP) is 6.32. The van der Waals surface area contributed by atoms with E-state index in [2.05, 4.69) is 17.9 Å². The van der Waals surface area contributed by atoms with E-state index in [4.69, 9.17) is 4.74 Å². The second kappa shape index (κ2) is 12.5. The van der Waals surface area contributed by atoms with E-state index in [1.54, 1.807) is 0 Å². The molecule has 0 aliphatic carbocycles. The number of benzene rings is 1. The Hall–Kier alpha value is -2.40. The summed E-state index contributed by atoms with van der Waals surface area (Å²) in [6.45, 7) is 17.1. The Morgan fingerprint density at radius 2 is 1.68 bits per heavy atom. The van der Waals surface area contributed by atoms with Crippen molar-refractivity contribution in [3.63, 3.8) is 0 Å². The Bertz CT molecular complexity index is 754. The number of carbonyl (C=O) groups excluding carboxylic acids is 2. The van der Waals surface area contributed by atoms with Crippen LogP contribution >= 0.6 is 0 Å². The molecule has 176 valence electrons. The minimum atomic E-state index is -0.619. The van der Waals surface area contributed by atoms with Crippen LogP contribution in [0.15, 0.2) is 54.6 Å². The highest BCUT2D eigenvalue weighted by molar-refractivity contribution is 5.83. The summed E-state index contributed by atoms with van der Waals surface area (Å²) >= 11 is 0. The molecular weight excluding hydrogens is 390 g/mol. The van der Waals surface area contributed by atoms with Crippen LogP contribution in [0, 0.1) is 5.41 Å². The second-order valence-corrected chi connectivity index (χ2v) is 8.70. The smallest absolute Gasteiger partial charge is 0.328 e. The van der Waals surface area contributed by atoms with Crippen LogP contribution in [-0.4, -0.2) is 36.5 Å². The highest BCUT2D eigenvalue weighted by Gasteiger charge is 2.50. The average Bonchev–Trinajstić information content (AvgIpc) is 2.84. The summed E-state index contributed by atoms with van der Waals surface area (Å²) in [4.78, 5) is 25.2. The largest absolute Gasteiger partial charge is 0.469 e. The molecule has 0 spiro atoms. The lowest BCUT2D eigenvalue weighted by atomic mass is 9.87. The number of esters is 2. The van der Waals surface area contributed by atoms with Crippen LogP contribution in [0.4, 0.5) is 0 Å². The summed E-state index contributed by atoms with van der Waals surface area (Å²) in [5.74, 6) is -0.359. The van der Waals surface area contributed by atoms with Crippen molar-refractivity contribution < 1.29 is 19.1 Å². The van der Waals surface area contributed by atoms with Crippen molar-refractivity contribution in [2.45, 2.75) is 74.1 Å². The minimum Gasteiger partial charge on any atom is -0.469 e. The summed E-state index contributed by atoms with van der Waals surface area (Å²) in [7, 11) is 3.33. The number of nitrogens with zero attached hydrogens (tertiary/aromatic N) is 1. The molecule has 0 N–H and O–H groups in total. The molecule has 0 unspecified atom stereocenters. The highest BCUT2D eigenvalue weighted by Crippen LogP contribution is 2.39. The molecule has 2 atom stereocenters. The van der Waals surface area contributed by atoms with Gasteiger partial charge in [-0.2, -0.15) is 0 Å². The maximum atomic E-state index is 12.1. The monoisotopic (exact) mass is 433 g/mol. The van der Waals surface area contributed by atoms with Crippen molar-refractivity contribution in [2.24, 2.45) is 5.41 Å². The Morgan fingerprint density at radius 3 is 2.10 bits per heavy atom. The Balaban J connectivity index is 0. The van der Waals surface area contributed by atoms with Crippen molar-refractivity contribution in [1.82, 2.24) is 4.90 Å². The van der Waals surface area contributed by atoms with Gasteiger partial charge in [0.1, 0.15) is 5.54 Å². The third-order valence-electron chi connectivity index (χ3n) is 5.00. The third kappa shape index (κ3) is 7.98. The molecular formula is C26H43NO4. The van der Waals surface area contributed by atoms with E-state index in [1.165, 1.54) is 7.11 Å². The van der Waals surface area contributed by atoms with Crippen molar-refractivity contribution in [3.8, 4) is 0 Å². The number of allylic oxidation sites excluding steroid dienone is 1. The third-order valence-corrected chi connectivity index (χ3v) is 5.00. The van der Waals surface area contributed by atoms with Gasteiger partial charge in [0.2, 0.25) is 0 Å². The number of carbonyl (C=O) groups is 2. The van der Waals surface area contributed by atoms with Gasteiger partial charge in [-0.05, 0) is 54.5 Å². The van der Waals surface area contributed by atoms with E-state index in [-0.39, 0.29) is 33.0 Å². The normalized spacial score (nSPS) is 20.2. The fraction of sp³-hybridized carbons (Fsp3) is 0.538. The Kier molecular flexibility index (Phi) is 12.4. The molecule has 1 fully saturated rings. The summed E-state index contributed by atoms with van der Waals surface area (Å²) in [5, 5.41) is 0. The highest BCUT2D eigenvalue weighted by atomic mass is 16.6. The molecule has 0 saturated carbocycles. The van der Waals surface area contributed by atoms with Crippen molar-refractivity contribution in [1.29, 1.82) is 0 Å². The maximum absolute atomic E-state index is 12.1. The quantitative estimate of drug-likeness (QED) is 0.388. The fourth-order valence-corrected chi connectivity index (χ4v) is 3.51. The molecule has 1 heterocycles. The van der Waals surface area contributed by atoms with E-state index in [0.717, 1.165) is 16.7 Å². The first-order chi connectivity index (χ1) is 13.3. The number of methoxy groups -OCH3 is 1. The molecule has 1 aliphatic rings. The number of likely N-dealkylation sites (N-methyl/N-ethyl adjacent to an activating group) is 1. The van der Waals surface area contributed by atoms with E-state index < -0.39 is 11.0 Å². The van der Waals surface area contributed by atoms with Gasteiger partial charge in [0.25, 0.3) is 0 Å². The van der Waals surface area contributed by atoms with E-state index in [9.17, 15) is 9.59 Å². The SMILES string of the molecule is C.C.C=C(C)CC(C)(C)C(=O)OC.C=C(C)C[C@@]1(C)C(=O)O[C@H](c2ccccc2)N1C. The van der Waals surface area contributed by atoms with Crippen LogP contribution < -0.4 is 0 Å². The average molecular weight is 434 g/mol. The fourth-order valence-electron chi connectivity index (χ4n) is 3.51. The topological polar surface area (TPSA) is 55.8 Å². The minimum absolute atomic E-state index is 0. The molecule has 2 rings (SSSR count). The molecule has 1 aromatic carbocycles. The number of rotatable bonds is 6. The molecule has 0 amide bonds. The lowest BCUT2D eigenvalue weighted by Gasteiger charge is -2.30. The number of cyclic esters (lactones) is 1. The van der Waals surface area contributed by atoms with Crippen LogP contribution in [0.1, 0.15) is 74.1 Å². The van der Waals surface area contributed by atoms with Gasteiger partial charge in [-0.1, -0.05) is 56.3 Å². The van der Waals surface area contributed by atoms with Crippen LogP contribution in [0.25, 0.3) is 0 Å². The van der Waals surface area contributed by atoms with Gasteiger partial charge in [-0.15, -0.1) is 13.2 Å². The zero-order valence-corrected chi connectivity index (χ0v) is 18.9. The zero-order valence-electron chi connectivity index (χ0n) is 18.9. The molecule has 1 saturated heterocycles. The van der Waals surface area contributed by atoms with Crippen molar-refractivity contribution in [3.05, 3.63) is 60.2 Å². The van der Waals surface area contributed by atoms with Crippen LogP contribution in [0.5, 0.6) is 0 Å². The Morgan fingerprint density at radius 1 is 1.16 bits per heavy atom. The van der Waals surface area contributed by atoms with E-state index >= 15 is 0 Å². The predicted molar refractivity (Wildman–Crippen MR) is 130 cm³/mol. The maximum Gasteiger partial charge on any atom is 0.328 e. The van der Waals surface area contributed by atoms with Gasteiger partial charge in [0.05, 0.1) is 12.5 Å². The van der Waals surface area contributed by atoms with Crippen LogP contribution in [0.2, 0.25) is 0 Å². The second-order valence-electron chi connectivity index (χ2n) is 8.70. The Labute approximate surface area is 190 Å². The van der Waals surface area contributed by atoms with Gasteiger partial charge >= 0.3 is 11.9 Å². The molecule has 5 heteroatoms. The number of hydrogen-bond donors (Lipinski definition) is 0. The zero-order chi connectivity index (χ0) is 22.4. The molecule has 1 aromatic rings. The molecule has 0 aromatic heterocycles. The first-order valence-electron chi connectivity index (χ1n) is 9.71. The summed E-state index contributed by atoms with van der Waals surface area (Å²) < 4.78 is 10.2. The number of hydrogen-bond acceptors (Lipinski definition) is 5. The standard InChI is InChI=1S/C15H19NO2.C9H16O2.2CH4/c1-11(2)10-15(3)14(17)18-13(16(15)4)12-8-6-5-7-9-12;1-7(2)6-9(3,4)8(10)11-5;;/h5-9,13H,1,10H2,2-4H3;1,6H2,2-5H3;2*1H4/t13-,15+;;;/m1.../s1. The van der Waals surface area contributed by atoms with Gasteiger partial charge in [-0.3, -0.25) is 9.69 Å². The van der Waals surface area contributed by atoms with Gasteiger partial charge in [0, 0.05) is 5.56 Å². The summed E-state index contributed by atoms with van der Waals surface area (Å²) in [5.41, 5.74) is 1.93.